The van der Waals surface area contributed by atoms with Gasteiger partial charge in [-0.15, -0.1) is 0 Å². The molecule has 0 saturated heterocycles. The van der Waals surface area contributed by atoms with E-state index in [2.05, 4.69) is 60.4 Å². The minimum Gasteiger partial charge on any atom is -0.360 e. The van der Waals surface area contributed by atoms with E-state index in [0.29, 0.717) is 0 Å². The number of aromatic nitrogens is 2. The van der Waals surface area contributed by atoms with Gasteiger partial charge < -0.3 is 10.2 Å². The molecule has 0 spiro atoms. The van der Waals surface area contributed by atoms with Gasteiger partial charge in [0.2, 0.25) is 5.91 Å². The second-order valence-corrected chi connectivity index (χ2v) is 7.40. The Labute approximate surface area is 167 Å². The van der Waals surface area contributed by atoms with Crippen molar-refractivity contribution in [2.45, 2.75) is 40.7 Å². The van der Waals surface area contributed by atoms with Crippen molar-refractivity contribution >= 4 is 17.3 Å². The van der Waals surface area contributed by atoms with E-state index in [1.54, 1.807) is 0 Å². The average molecular weight is 377 g/mol. The first-order valence-corrected chi connectivity index (χ1v) is 9.61. The molecular formula is C23H28N4O. The lowest BCUT2D eigenvalue weighted by molar-refractivity contribution is -0.115. The van der Waals surface area contributed by atoms with Crippen LogP contribution in [-0.2, 0) is 4.79 Å². The number of aryl methyl sites for hydroxylation is 2. The van der Waals surface area contributed by atoms with Crippen molar-refractivity contribution in [3.8, 4) is 5.69 Å². The van der Waals surface area contributed by atoms with Crippen LogP contribution in [0.25, 0.3) is 5.69 Å². The lowest BCUT2D eigenvalue weighted by atomic mass is 10.2. The lowest BCUT2D eigenvalue weighted by Crippen LogP contribution is -2.38. The fraction of sp³-hybridized carbons (Fsp3) is 0.304. The fourth-order valence-electron chi connectivity index (χ4n) is 3.29. The molecule has 0 aliphatic carbocycles. The standard InChI is InChI=1S/C23H28N4O/c1-16(2)26(20-13-11-17(3)12-14-20)15-22(28)24-23-18(4)25-27(19(23)5)21-9-7-6-8-10-21/h6-14,16H,15H2,1-5H3,(H,24,28). The second kappa shape index (κ2) is 8.30. The van der Waals surface area contributed by atoms with Gasteiger partial charge in [-0.3, -0.25) is 4.79 Å². The van der Waals surface area contributed by atoms with Gasteiger partial charge in [0.1, 0.15) is 0 Å². The first kappa shape index (κ1) is 19.7. The van der Waals surface area contributed by atoms with Crippen molar-refractivity contribution in [3.63, 3.8) is 0 Å². The first-order valence-electron chi connectivity index (χ1n) is 9.61. The maximum atomic E-state index is 12.8. The summed E-state index contributed by atoms with van der Waals surface area (Å²) in [4.78, 5) is 14.9. The molecule has 3 aromatic rings. The van der Waals surface area contributed by atoms with Crippen LogP contribution in [0.1, 0.15) is 30.8 Å². The summed E-state index contributed by atoms with van der Waals surface area (Å²) in [7, 11) is 0. The molecule has 0 aliphatic rings. The number of hydrogen-bond acceptors (Lipinski definition) is 3. The van der Waals surface area contributed by atoms with Crippen LogP contribution in [0.2, 0.25) is 0 Å². The Morgan fingerprint density at radius 1 is 1.04 bits per heavy atom. The van der Waals surface area contributed by atoms with Crippen LogP contribution in [0.3, 0.4) is 0 Å². The third-order valence-electron chi connectivity index (χ3n) is 4.86. The minimum absolute atomic E-state index is 0.0481. The average Bonchev–Trinajstić information content (AvgIpc) is 2.95. The third-order valence-corrected chi connectivity index (χ3v) is 4.86. The van der Waals surface area contributed by atoms with E-state index in [-0.39, 0.29) is 18.5 Å². The number of para-hydroxylation sites is 1. The molecule has 0 radical (unpaired) electrons. The van der Waals surface area contributed by atoms with Crippen molar-refractivity contribution < 1.29 is 4.79 Å². The van der Waals surface area contributed by atoms with Gasteiger partial charge in [-0.05, 0) is 58.9 Å². The first-order chi connectivity index (χ1) is 13.4. The topological polar surface area (TPSA) is 50.2 Å². The van der Waals surface area contributed by atoms with Gasteiger partial charge in [0, 0.05) is 11.7 Å². The Morgan fingerprint density at radius 3 is 2.29 bits per heavy atom. The molecule has 5 heteroatoms. The van der Waals surface area contributed by atoms with Crippen molar-refractivity contribution in [1.29, 1.82) is 0 Å². The van der Waals surface area contributed by atoms with Gasteiger partial charge in [-0.2, -0.15) is 5.10 Å². The largest absolute Gasteiger partial charge is 0.360 e. The number of rotatable bonds is 6. The SMILES string of the molecule is Cc1ccc(N(CC(=O)Nc2c(C)nn(-c3ccccc3)c2C)C(C)C)cc1. The monoisotopic (exact) mass is 376 g/mol. The van der Waals surface area contributed by atoms with E-state index < -0.39 is 0 Å². The number of carbonyl (C=O) groups is 1. The number of hydrogen-bond donors (Lipinski definition) is 1. The van der Waals surface area contributed by atoms with E-state index >= 15 is 0 Å². The number of carbonyl (C=O) groups excluding carboxylic acids is 1. The van der Waals surface area contributed by atoms with Crippen molar-refractivity contribution in [1.82, 2.24) is 9.78 Å². The summed E-state index contributed by atoms with van der Waals surface area (Å²) in [6.45, 7) is 10.4. The number of anilines is 2. The number of amides is 1. The Hall–Kier alpha value is -3.08. The van der Waals surface area contributed by atoms with Crippen LogP contribution >= 0.6 is 0 Å². The molecule has 0 fully saturated rings. The molecule has 0 bridgehead atoms. The molecule has 0 atom stereocenters. The van der Waals surface area contributed by atoms with Crippen molar-refractivity contribution in [2.75, 3.05) is 16.8 Å². The van der Waals surface area contributed by atoms with Crippen LogP contribution < -0.4 is 10.2 Å². The van der Waals surface area contributed by atoms with E-state index in [1.807, 2.05) is 48.9 Å². The fourth-order valence-corrected chi connectivity index (χ4v) is 3.29. The van der Waals surface area contributed by atoms with Gasteiger partial charge in [-0.25, -0.2) is 4.68 Å². The minimum atomic E-state index is -0.0481. The molecule has 146 valence electrons. The van der Waals surface area contributed by atoms with E-state index in [9.17, 15) is 4.79 Å². The van der Waals surface area contributed by atoms with Gasteiger partial charge in [0.05, 0.1) is 29.3 Å². The maximum absolute atomic E-state index is 12.8. The molecule has 1 heterocycles. The Kier molecular flexibility index (Phi) is 5.83. The molecule has 1 amide bonds. The normalized spacial score (nSPS) is 10.9. The van der Waals surface area contributed by atoms with Crippen LogP contribution in [0.15, 0.2) is 54.6 Å². The Balaban J connectivity index is 1.79. The molecule has 0 unspecified atom stereocenters. The number of benzene rings is 2. The smallest absolute Gasteiger partial charge is 0.244 e. The summed E-state index contributed by atoms with van der Waals surface area (Å²) in [6, 6.07) is 18.4. The van der Waals surface area contributed by atoms with Gasteiger partial charge in [0.25, 0.3) is 0 Å². The predicted octanol–water partition coefficient (Wildman–Crippen LogP) is 4.65. The second-order valence-electron chi connectivity index (χ2n) is 7.40. The van der Waals surface area contributed by atoms with Gasteiger partial charge in [-0.1, -0.05) is 35.9 Å². The number of nitrogens with one attached hydrogen (secondary N) is 1. The lowest BCUT2D eigenvalue weighted by Gasteiger charge is -2.28. The summed E-state index contributed by atoms with van der Waals surface area (Å²) in [6.07, 6.45) is 0. The summed E-state index contributed by atoms with van der Waals surface area (Å²) < 4.78 is 1.87. The van der Waals surface area contributed by atoms with E-state index in [1.165, 1.54) is 5.56 Å². The zero-order valence-electron chi connectivity index (χ0n) is 17.2. The molecule has 2 aromatic carbocycles. The molecule has 0 aliphatic heterocycles. The molecular weight excluding hydrogens is 348 g/mol. The van der Waals surface area contributed by atoms with Crippen LogP contribution in [0, 0.1) is 20.8 Å². The number of nitrogens with zero attached hydrogens (tertiary/aromatic N) is 3. The highest BCUT2D eigenvalue weighted by Gasteiger charge is 2.19. The summed E-state index contributed by atoms with van der Waals surface area (Å²) >= 11 is 0. The summed E-state index contributed by atoms with van der Waals surface area (Å²) in [5, 5.41) is 7.68. The summed E-state index contributed by atoms with van der Waals surface area (Å²) in [5.74, 6) is -0.0481. The van der Waals surface area contributed by atoms with Crippen molar-refractivity contribution in [2.24, 2.45) is 0 Å². The molecule has 5 nitrogen and oxygen atoms in total. The highest BCUT2D eigenvalue weighted by molar-refractivity contribution is 5.95. The molecule has 3 rings (SSSR count). The highest BCUT2D eigenvalue weighted by atomic mass is 16.2. The molecule has 1 N–H and O–H groups in total. The molecule has 0 saturated carbocycles. The third kappa shape index (κ3) is 4.25. The van der Waals surface area contributed by atoms with Gasteiger partial charge >= 0.3 is 0 Å². The van der Waals surface area contributed by atoms with Crippen LogP contribution in [0.4, 0.5) is 11.4 Å². The van der Waals surface area contributed by atoms with Crippen LogP contribution in [-0.4, -0.2) is 28.3 Å². The van der Waals surface area contributed by atoms with Crippen LogP contribution in [0.5, 0.6) is 0 Å². The Morgan fingerprint density at radius 2 is 1.68 bits per heavy atom. The summed E-state index contributed by atoms with van der Waals surface area (Å²) in [5.41, 5.74) is 5.74. The molecule has 28 heavy (non-hydrogen) atoms. The predicted molar refractivity (Wildman–Crippen MR) is 115 cm³/mol. The van der Waals surface area contributed by atoms with E-state index in [0.717, 1.165) is 28.5 Å². The molecule has 1 aromatic heterocycles. The van der Waals surface area contributed by atoms with Crippen molar-refractivity contribution in [3.05, 3.63) is 71.5 Å². The quantitative estimate of drug-likeness (QED) is 0.681. The van der Waals surface area contributed by atoms with Gasteiger partial charge in [0.15, 0.2) is 0 Å². The van der Waals surface area contributed by atoms with E-state index in [4.69, 9.17) is 0 Å². The zero-order chi connectivity index (χ0) is 20.3. The Bertz CT molecular complexity index is 943. The highest BCUT2D eigenvalue weighted by Crippen LogP contribution is 2.23. The maximum Gasteiger partial charge on any atom is 0.244 e. The zero-order valence-corrected chi connectivity index (χ0v) is 17.2.